The fourth-order valence-electron chi connectivity index (χ4n) is 2.81. The van der Waals surface area contributed by atoms with Gasteiger partial charge in [0.2, 0.25) is 0 Å². The van der Waals surface area contributed by atoms with E-state index in [0.29, 0.717) is 5.92 Å². The third kappa shape index (κ3) is 3.16. The maximum atomic E-state index is 6.48. The van der Waals surface area contributed by atoms with Gasteiger partial charge in [0, 0.05) is 15.8 Å². The van der Waals surface area contributed by atoms with Crippen LogP contribution in [0.3, 0.4) is 0 Å². The Labute approximate surface area is 116 Å². The zero-order chi connectivity index (χ0) is 13.3. The topological polar surface area (TPSA) is 26.0 Å². The second kappa shape index (κ2) is 5.34. The van der Waals surface area contributed by atoms with Crippen molar-refractivity contribution >= 4 is 11.3 Å². The van der Waals surface area contributed by atoms with Crippen LogP contribution >= 0.6 is 11.3 Å². The third-order valence-electron chi connectivity index (χ3n) is 4.26. The molecule has 0 aliphatic heterocycles. The molecule has 0 amide bonds. The molecule has 1 aromatic heterocycles. The van der Waals surface area contributed by atoms with E-state index in [4.69, 9.17) is 5.73 Å². The lowest BCUT2D eigenvalue weighted by atomic mass is 9.79. The second-order valence-electron chi connectivity index (χ2n) is 7.00. The monoisotopic (exact) mass is 265 g/mol. The van der Waals surface area contributed by atoms with Crippen molar-refractivity contribution in [1.82, 2.24) is 0 Å². The van der Waals surface area contributed by atoms with Crippen LogP contribution in [0.15, 0.2) is 12.1 Å². The molecule has 0 aromatic carbocycles. The van der Waals surface area contributed by atoms with E-state index in [1.807, 2.05) is 11.3 Å². The summed E-state index contributed by atoms with van der Waals surface area (Å²) in [5, 5.41) is 0. The van der Waals surface area contributed by atoms with Gasteiger partial charge in [-0.15, -0.1) is 11.3 Å². The summed E-state index contributed by atoms with van der Waals surface area (Å²) < 4.78 is 0. The fraction of sp³-hybridized carbons (Fsp3) is 0.750. The maximum absolute atomic E-state index is 6.48. The molecule has 1 unspecified atom stereocenters. The summed E-state index contributed by atoms with van der Waals surface area (Å²) >= 11 is 1.92. The minimum atomic E-state index is 0.254. The molecule has 102 valence electrons. The van der Waals surface area contributed by atoms with Crippen LogP contribution in [-0.4, -0.2) is 0 Å². The van der Waals surface area contributed by atoms with Gasteiger partial charge in [0.1, 0.15) is 0 Å². The van der Waals surface area contributed by atoms with Gasteiger partial charge in [-0.25, -0.2) is 0 Å². The fourth-order valence-corrected chi connectivity index (χ4v) is 3.97. The van der Waals surface area contributed by atoms with E-state index in [1.54, 1.807) is 0 Å². The van der Waals surface area contributed by atoms with E-state index in [0.717, 1.165) is 5.92 Å². The van der Waals surface area contributed by atoms with Crippen molar-refractivity contribution in [1.29, 1.82) is 0 Å². The molecule has 2 N–H and O–H groups in total. The van der Waals surface area contributed by atoms with E-state index in [1.165, 1.54) is 35.4 Å². The summed E-state index contributed by atoms with van der Waals surface area (Å²) in [6.45, 7) is 9.19. The first kappa shape index (κ1) is 14.1. The molecule has 1 heterocycles. The molecular weight excluding hydrogens is 238 g/mol. The third-order valence-corrected chi connectivity index (χ3v) is 5.88. The van der Waals surface area contributed by atoms with E-state index < -0.39 is 0 Å². The first-order valence-corrected chi connectivity index (χ1v) is 8.05. The SMILES string of the molecule is CC1CCC(C(N)c2ccc(C(C)(C)C)s2)CC1. The van der Waals surface area contributed by atoms with Crippen molar-refractivity contribution < 1.29 is 0 Å². The Morgan fingerprint density at radius 3 is 2.28 bits per heavy atom. The predicted octanol–water partition coefficient (Wildman–Crippen LogP) is 4.87. The van der Waals surface area contributed by atoms with Crippen molar-refractivity contribution in [2.75, 3.05) is 0 Å². The van der Waals surface area contributed by atoms with Crippen LogP contribution in [0.1, 0.15) is 69.2 Å². The summed E-state index contributed by atoms with van der Waals surface area (Å²) in [5.41, 5.74) is 6.74. The van der Waals surface area contributed by atoms with Crippen molar-refractivity contribution in [2.24, 2.45) is 17.6 Å². The van der Waals surface area contributed by atoms with E-state index in [2.05, 4.69) is 39.8 Å². The quantitative estimate of drug-likeness (QED) is 0.811. The largest absolute Gasteiger partial charge is 0.323 e. The van der Waals surface area contributed by atoms with Gasteiger partial charge >= 0.3 is 0 Å². The van der Waals surface area contributed by atoms with Crippen molar-refractivity contribution in [3.05, 3.63) is 21.9 Å². The number of rotatable bonds is 2. The highest BCUT2D eigenvalue weighted by atomic mass is 32.1. The van der Waals surface area contributed by atoms with Crippen LogP contribution < -0.4 is 5.73 Å². The number of thiophene rings is 1. The molecule has 1 aliphatic rings. The minimum Gasteiger partial charge on any atom is -0.323 e. The Balaban J connectivity index is 2.05. The Hall–Kier alpha value is -0.340. The van der Waals surface area contributed by atoms with E-state index >= 15 is 0 Å². The lowest BCUT2D eigenvalue weighted by Crippen LogP contribution is -2.24. The molecule has 0 spiro atoms. The van der Waals surface area contributed by atoms with Crippen LogP contribution in [0.2, 0.25) is 0 Å². The summed E-state index contributed by atoms with van der Waals surface area (Å²) in [5.74, 6) is 1.61. The Kier molecular flexibility index (Phi) is 4.18. The highest BCUT2D eigenvalue weighted by Crippen LogP contribution is 2.39. The van der Waals surface area contributed by atoms with Gasteiger partial charge in [0.15, 0.2) is 0 Å². The molecule has 0 radical (unpaired) electrons. The van der Waals surface area contributed by atoms with Crippen molar-refractivity contribution in [3.8, 4) is 0 Å². The Morgan fingerprint density at radius 2 is 1.78 bits per heavy atom. The van der Waals surface area contributed by atoms with Crippen LogP contribution in [0.4, 0.5) is 0 Å². The van der Waals surface area contributed by atoms with Crippen molar-refractivity contribution in [2.45, 2.75) is 64.8 Å². The van der Waals surface area contributed by atoms with Gasteiger partial charge in [-0.05, 0) is 42.2 Å². The summed E-state index contributed by atoms with van der Waals surface area (Å²) in [6, 6.07) is 4.79. The molecule has 18 heavy (non-hydrogen) atoms. The number of hydrogen-bond acceptors (Lipinski definition) is 2. The van der Waals surface area contributed by atoms with Crippen molar-refractivity contribution in [3.63, 3.8) is 0 Å². The second-order valence-corrected chi connectivity index (χ2v) is 8.11. The molecular formula is C16H27NS. The van der Waals surface area contributed by atoms with Crippen LogP contribution in [-0.2, 0) is 5.41 Å². The normalized spacial score (nSPS) is 27.2. The standard InChI is InChI=1S/C16H27NS/c1-11-5-7-12(8-6-11)15(17)13-9-10-14(18-13)16(2,3)4/h9-12,15H,5-8,17H2,1-4H3. The molecule has 2 rings (SSSR count). The number of nitrogens with two attached hydrogens (primary N) is 1. The summed E-state index contributed by atoms with van der Waals surface area (Å²) in [6.07, 6.45) is 5.34. The highest BCUT2D eigenvalue weighted by Gasteiger charge is 2.26. The van der Waals surface area contributed by atoms with E-state index in [9.17, 15) is 0 Å². The summed E-state index contributed by atoms with van der Waals surface area (Å²) in [4.78, 5) is 2.84. The zero-order valence-electron chi connectivity index (χ0n) is 12.2. The summed E-state index contributed by atoms with van der Waals surface area (Å²) in [7, 11) is 0. The molecule has 1 fully saturated rings. The van der Waals surface area contributed by atoms with Gasteiger partial charge in [-0.1, -0.05) is 40.5 Å². The zero-order valence-corrected chi connectivity index (χ0v) is 13.0. The molecule has 1 aromatic rings. The Morgan fingerprint density at radius 1 is 1.17 bits per heavy atom. The van der Waals surface area contributed by atoms with Gasteiger partial charge in [0.05, 0.1) is 0 Å². The predicted molar refractivity (Wildman–Crippen MR) is 81.1 cm³/mol. The smallest absolute Gasteiger partial charge is 0.0418 e. The molecule has 0 bridgehead atoms. The van der Waals surface area contributed by atoms with Crippen LogP contribution in [0.25, 0.3) is 0 Å². The van der Waals surface area contributed by atoms with Gasteiger partial charge in [-0.2, -0.15) is 0 Å². The minimum absolute atomic E-state index is 0.254. The first-order valence-electron chi connectivity index (χ1n) is 7.23. The average Bonchev–Trinajstić information content (AvgIpc) is 2.78. The average molecular weight is 265 g/mol. The molecule has 0 saturated heterocycles. The number of hydrogen-bond donors (Lipinski definition) is 1. The molecule has 1 nitrogen and oxygen atoms in total. The first-order chi connectivity index (χ1) is 8.38. The van der Waals surface area contributed by atoms with E-state index in [-0.39, 0.29) is 11.5 Å². The molecule has 1 atom stereocenters. The Bertz CT molecular complexity index is 380. The van der Waals surface area contributed by atoms with Gasteiger partial charge in [0.25, 0.3) is 0 Å². The maximum Gasteiger partial charge on any atom is 0.0418 e. The van der Waals surface area contributed by atoms with Crippen LogP contribution in [0.5, 0.6) is 0 Å². The molecule has 1 aliphatic carbocycles. The lowest BCUT2D eigenvalue weighted by molar-refractivity contribution is 0.258. The molecule has 2 heteroatoms. The lowest BCUT2D eigenvalue weighted by Gasteiger charge is -2.30. The molecule has 1 saturated carbocycles. The van der Waals surface area contributed by atoms with Gasteiger partial charge in [-0.3, -0.25) is 0 Å². The van der Waals surface area contributed by atoms with Gasteiger partial charge < -0.3 is 5.73 Å². The highest BCUT2D eigenvalue weighted by molar-refractivity contribution is 7.12. The van der Waals surface area contributed by atoms with Crippen LogP contribution in [0, 0.1) is 11.8 Å².